The van der Waals surface area contributed by atoms with E-state index >= 15 is 0 Å². The Morgan fingerprint density at radius 3 is 2.42 bits per heavy atom. The summed E-state index contributed by atoms with van der Waals surface area (Å²) in [7, 11) is 4.56. The highest BCUT2D eigenvalue weighted by Gasteiger charge is 2.45. The largest absolute Gasteiger partial charge is 0.493 e. The third-order valence-corrected chi connectivity index (χ3v) is 7.19. The zero-order chi connectivity index (χ0) is 23.7. The number of benzene rings is 2. The van der Waals surface area contributed by atoms with Crippen molar-refractivity contribution in [3.05, 3.63) is 69.3 Å². The molecule has 2 aromatic carbocycles. The number of carbonyl (C=O) groups excluding carboxylic acids is 2. The van der Waals surface area contributed by atoms with E-state index in [0.717, 1.165) is 21.3 Å². The number of rotatable bonds is 5. The second kappa shape index (κ2) is 9.51. The topological polar surface area (TPSA) is 74.2 Å². The maximum atomic E-state index is 13.6. The summed E-state index contributed by atoms with van der Waals surface area (Å²) in [6, 6.07) is 13.4. The number of ketones is 1. The lowest BCUT2D eigenvalue weighted by Gasteiger charge is -2.36. The molecule has 2 aliphatic rings. The third-order valence-electron chi connectivity index (χ3n) is 6.46. The molecule has 0 saturated heterocycles. The molecule has 0 bridgehead atoms. The van der Waals surface area contributed by atoms with E-state index in [1.54, 1.807) is 14.2 Å². The van der Waals surface area contributed by atoms with Gasteiger partial charge in [0.15, 0.2) is 17.3 Å². The summed E-state index contributed by atoms with van der Waals surface area (Å²) < 4.78 is 16.8. The van der Waals surface area contributed by atoms with Crippen molar-refractivity contribution in [2.24, 2.45) is 10.9 Å². The Morgan fingerprint density at radius 2 is 1.76 bits per heavy atom. The second-order valence-electron chi connectivity index (χ2n) is 8.26. The van der Waals surface area contributed by atoms with Gasteiger partial charge in [-0.15, -0.1) is 0 Å². The molecule has 1 aliphatic carbocycles. The molecule has 6 nitrogen and oxygen atoms in total. The number of Topliss-reactive ketones (excluding diaryl/α,β-unsaturated/α-hetero) is 1. The van der Waals surface area contributed by atoms with Gasteiger partial charge in [0.2, 0.25) is 0 Å². The predicted molar refractivity (Wildman–Crippen MR) is 129 cm³/mol. The molecule has 0 radical (unpaired) electrons. The van der Waals surface area contributed by atoms with Crippen LogP contribution in [0.25, 0.3) is 0 Å². The van der Waals surface area contributed by atoms with Crippen LogP contribution in [0.2, 0.25) is 0 Å². The van der Waals surface area contributed by atoms with Crippen molar-refractivity contribution in [1.82, 2.24) is 0 Å². The van der Waals surface area contributed by atoms with E-state index in [9.17, 15) is 9.59 Å². The van der Waals surface area contributed by atoms with Crippen molar-refractivity contribution >= 4 is 33.4 Å². The molecule has 0 spiro atoms. The number of hydrogen-bond acceptors (Lipinski definition) is 6. The predicted octanol–water partition coefficient (Wildman–Crippen LogP) is 5.21. The van der Waals surface area contributed by atoms with Gasteiger partial charge >= 0.3 is 5.97 Å². The molecule has 2 aromatic rings. The van der Waals surface area contributed by atoms with Crippen molar-refractivity contribution in [2.45, 2.75) is 31.6 Å². The Balaban J connectivity index is 1.80. The standard InChI is InChI=1S/C26H26BrNO5/c1-14-23(26(30)33-4)24(17-7-5-6-8-18(17)27)25-19(28-14)11-16(12-20(25)29)15-9-10-21(31-2)22(13-15)32-3/h5-10,13,16,23-24H,11-12H2,1-4H3/t16-,23?,24+/m1/s1. The lowest BCUT2D eigenvalue weighted by Crippen LogP contribution is -2.37. The van der Waals surface area contributed by atoms with Gasteiger partial charge in [0.1, 0.15) is 5.92 Å². The first-order valence-corrected chi connectivity index (χ1v) is 11.5. The van der Waals surface area contributed by atoms with Crippen molar-refractivity contribution < 1.29 is 23.8 Å². The molecule has 7 heteroatoms. The Kier molecular flexibility index (Phi) is 6.70. The highest BCUT2D eigenvalue weighted by atomic mass is 79.9. The van der Waals surface area contributed by atoms with Gasteiger partial charge in [-0.1, -0.05) is 40.2 Å². The molecule has 0 saturated carbocycles. The normalized spacial score (nSPS) is 22.4. The number of aliphatic imine (C=N–C) groups is 1. The molecular weight excluding hydrogens is 486 g/mol. The van der Waals surface area contributed by atoms with Crippen molar-refractivity contribution in [3.8, 4) is 11.5 Å². The van der Waals surface area contributed by atoms with E-state index < -0.39 is 17.8 Å². The van der Waals surface area contributed by atoms with Crippen molar-refractivity contribution in [2.75, 3.05) is 21.3 Å². The number of halogens is 1. The van der Waals surface area contributed by atoms with E-state index in [0.29, 0.717) is 35.6 Å². The average Bonchev–Trinajstić information content (AvgIpc) is 2.82. The molecule has 0 N–H and O–H groups in total. The van der Waals surface area contributed by atoms with Gasteiger partial charge in [0, 0.05) is 33.8 Å². The zero-order valence-corrected chi connectivity index (χ0v) is 20.6. The second-order valence-corrected chi connectivity index (χ2v) is 9.11. The van der Waals surface area contributed by atoms with Gasteiger partial charge in [-0.25, -0.2) is 0 Å². The average molecular weight is 512 g/mol. The van der Waals surface area contributed by atoms with Crippen LogP contribution in [0.4, 0.5) is 0 Å². The molecule has 1 unspecified atom stereocenters. The molecule has 4 rings (SSSR count). The van der Waals surface area contributed by atoms with Gasteiger partial charge in [-0.2, -0.15) is 0 Å². The van der Waals surface area contributed by atoms with E-state index in [2.05, 4.69) is 15.9 Å². The summed E-state index contributed by atoms with van der Waals surface area (Å²) in [5.74, 6) is -0.247. The Bertz CT molecular complexity index is 1170. The van der Waals surface area contributed by atoms with Gasteiger partial charge in [-0.3, -0.25) is 14.6 Å². The van der Waals surface area contributed by atoms with Crippen LogP contribution in [0.15, 0.2) is 63.2 Å². The molecule has 1 aliphatic heterocycles. The Labute approximate surface area is 201 Å². The van der Waals surface area contributed by atoms with Crippen LogP contribution in [-0.4, -0.2) is 38.8 Å². The van der Waals surface area contributed by atoms with Crippen LogP contribution in [0.3, 0.4) is 0 Å². The number of hydrogen-bond donors (Lipinski definition) is 0. The van der Waals surface area contributed by atoms with E-state index in [1.165, 1.54) is 7.11 Å². The number of methoxy groups -OCH3 is 3. The summed E-state index contributed by atoms with van der Waals surface area (Å²) in [5, 5.41) is 0. The molecule has 0 aromatic heterocycles. The first-order valence-electron chi connectivity index (χ1n) is 10.7. The smallest absolute Gasteiger partial charge is 0.315 e. The lowest BCUT2D eigenvalue weighted by atomic mass is 9.69. The molecular formula is C26H26BrNO5. The molecule has 3 atom stereocenters. The van der Waals surface area contributed by atoms with Crippen LogP contribution in [0, 0.1) is 5.92 Å². The molecule has 33 heavy (non-hydrogen) atoms. The van der Waals surface area contributed by atoms with E-state index in [1.807, 2.05) is 49.4 Å². The lowest BCUT2D eigenvalue weighted by molar-refractivity contribution is -0.143. The van der Waals surface area contributed by atoms with Gasteiger partial charge in [0.05, 0.1) is 21.3 Å². The summed E-state index contributed by atoms with van der Waals surface area (Å²) in [4.78, 5) is 31.2. The van der Waals surface area contributed by atoms with Crippen LogP contribution in [0.1, 0.15) is 42.7 Å². The Morgan fingerprint density at radius 1 is 1.03 bits per heavy atom. The van der Waals surface area contributed by atoms with Crippen LogP contribution in [0.5, 0.6) is 11.5 Å². The van der Waals surface area contributed by atoms with Crippen molar-refractivity contribution in [3.63, 3.8) is 0 Å². The maximum Gasteiger partial charge on any atom is 0.315 e. The summed E-state index contributed by atoms with van der Waals surface area (Å²) in [5.41, 5.74) is 3.88. The SMILES string of the molecule is COC(=O)C1C(C)=NC2=C(C(=O)C[C@H](c3ccc(OC)c(OC)c3)C2)[C@H]1c1ccccc1Br. The van der Waals surface area contributed by atoms with Crippen molar-refractivity contribution in [1.29, 1.82) is 0 Å². The van der Waals surface area contributed by atoms with Crippen LogP contribution < -0.4 is 9.47 Å². The fourth-order valence-corrected chi connectivity index (χ4v) is 5.43. The van der Waals surface area contributed by atoms with E-state index in [4.69, 9.17) is 19.2 Å². The third kappa shape index (κ3) is 4.22. The molecule has 0 amide bonds. The quantitative estimate of drug-likeness (QED) is 0.514. The summed E-state index contributed by atoms with van der Waals surface area (Å²) in [6.45, 7) is 1.83. The highest BCUT2D eigenvalue weighted by molar-refractivity contribution is 9.10. The van der Waals surface area contributed by atoms with Gasteiger partial charge in [0.25, 0.3) is 0 Å². The zero-order valence-electron chi connectivity index (χ0n) is 19.1. The summed E-state index contributed by atoms with van der Waals surface area (Å²) in [6.07, 6.45) is 0.931. The fourth-order valence-electron chi connectivity index (χ4n) is 4.90. The molecule has 1 heterocycles. The summed E-state index contributed by atoms with van der Waals surface area (Å²) >= 11 is 3.61. The monoisotopic (exact) mass is 511 g/mol. The maximum absolute atomic E-state index is 13.6. The number of nitrogens with zero attached hydrogens (tertiary/aromatic N) is 1. The Hall–Kier alpha value is -2.93. The number of ether oxygens (including phenoxy) is 3. The molecule has 172 valence electrons. The van der Waals surface area contributed by atoms with Gasteiger partial charge in [-0.05, 0) is 48.6 Å². The molecule has 0 fully saturated rings. The first kappa shape index (κ1) is 23.2. The van der Waals surface area contributed by atoms with Gasteiger partial charge < -0.3 is 14.2 Å². The number of esters is 1. The number of allylic oxidation sites excluding steroid dienone is 2. The minimum atomic E-state index is -0.644. The minimum absolute atomic E-state index is 0.00180. The van der Waals surface area contributed by atoms with E-state index in [-0.39, 0.29) is 11.7 Å². The first-order chi connectivity index (χ1) is 15.9. The highest BCUT2D eigenvalue weighted by Crippen LogP contribution is 2.48. The van der Waals surface area contributed by atoms with Crippen LogP contribution in [-0.2, 0) is 14.3 Å². The number of carbonyl (C=O) groups is 2. The van der Waals surface area contributed by atoms with Crippen LogP contribution >= 0.6 is 15.9 Å². The minimum Gasteiger partial charge on any atom is -0.493 e. The fraction of sp³-hybridized carbons (Fsp3) is 0.346.